The zero-order chi connectivity index (χ0) is 21.7. The van der Waals surface area contributed by atoms with Crippen LogP contribution in [-0.4, -0.2) is 42.4 Å². The van der Waals surface area contributed by atoms with Crippen molar-refractivity contribution in [2.45, 2.75) is 103 Å². The normalized spacial score (nSPS) is 18.1. The van der Waals surface area contributed by atoms with Crippen LogP contribution < -0.4 is 10.6 Å². The van der Waals surface area contributed by atoms with Gasteiger partial charge in [-0.2, -0.15) is 0 Å². The van der Waals surface area contributed by atoms with Crippen LogP contribution in [0.2, 0.25) is 0 Å². The fraction of sp³-hybridized carbons (Fsp3) is 0.880. The second-order valence-corrected chi connectivity index (χ2v) is 9.70. The van der Waals surface area contributed by atoms with Crippen LogP contribution in [0.3, 0.4) is 0 Å². The van der Waals surface area contributed by atoms with Gasteiger partial charge in [0.25, 0.3) is 0 Å². The fourth-order valence-electron chi connectivity index (χ4n) is 4.69. The molecule has 0 aromatic rings. The number of hydrogen-bond donors (Lipinski definition) is 4. The predicted molar refractivity (Wildman–Crippen MR) is 123 cm³/mol. The minimum absolute atomic E-state index is 0.0290. The lowest BCUT2D eigenvalue weighted by Crippen LogP contribution is -2.33. The largest absolute Gasteiger partial charge is 0.395 e. The Labute approximate surface area is 184 Å². The van der Waals surface area contributed by atoms with Crippen molar-refractivity contribution in [3.05, 3.63) is 12.3 Å². The number of aliphatic hydroxyl groups is 2. The molecule has 1 amide bonds. The number of allylic oxidation sites excluding steroid dienone is 1. The van der Waals surface area contributed by atoms with E-state index in [0.717, 1.165) is 31.4 Å². The quantitative estimate of drug-likeness (QED) is 0.219. The van der Waals surface area contributed by atoms with Gasteiger partial charge in [0.15, 0.2) is 0 Å². The lowest BCUT2D eigenvalue weighted by atomic mass is 9.94. The molecule has 0 aromatic heterocycles. The maximum Gasteiger partial charge on any atom is 0.226 e. The predicted octanol–water partition coefficient (Wildman–Crippen LogP) is 4.43. The fourth-order valence-corrected chi connectivity index (χ4v) is 4.69. The molecule has 2 saturated carbocycles. The van der Waals surface area contributed by atoms with Gasteiger partial charge in [0.2, 0.25) is 5.91 Å². The van der Waals surface area contributed by atoms with E-state index < -0.39 is 0 Å². The van der Waals surface area contributed by atoms with Gasteiger partial charge in [0, 0.05) is 29.6 Å². The van der Waals surface area contributed by atoms with Gasteiger partial charge in [0.05, 0.1) is 13.2 Å². The standard InChI is InChI=1S/C25H46N2O3/c1-22(26-18-20-28)24(14-15-24)12-10-8-6-4-2-3-5-7-9-11-13-25(16-17-25)23(30)27-19-21-29/h26,28-29H,1-21H2,(H,27,30). The SMILES string of the molecule is C=C(NCCO)C1(CCCCCCCCCCCCC2(C(=O)NCCO)CC2)CC1. The van der Waals surface area contributed by atoms with E-state index in [0.29, 0.717) is 18.5 Å². The Morgan fingerprint density at radius 1 is 0.667 bits per heavy atom. The maximum atomic E-state index is 12.1. The van der Waals surface area contributed by atoms with E-state index in [2.05, 4.69) is 17.2 Å². The zero-order valence-electron chi connectivity index (χ0n) is 19.2. The molecule has 5 nitrogen and oxygen atoms in total. The third-order valence-electron chi connectivity index (χ3n) is 7.24. The van der Waals surface area contributed by atoms with Crippen molar-refractivity contribution in [3.63, 3.8) is 0 Å². The van der Waals surface area contributed by atoms with Crippen LogP contribution in [0.4, 0.5) is 0 Å². The third-order valence-corrected chi connectivity index (χ3v) is 7.24. The van der Waals surface area contributed by atoms with Gasteiger partial charge in [0.1, 0.15) is 0 Å². The summed E-state index contributed by atoms with van der Waals surface area (Å²) >= 11 is 0. The van der Waals surface area contributed by atoms with E-state index >= 15 is 0 Å². The number of carbonyl (C=O) groups is 1. The molecule has 2 aliphatic carbocycles. The summed E-state index contributed by atoms with van der Waals surface area (Å²) in [7, 11) is 0. The Bertz CT molecular complexity index is 467. The minimum Gasteiger partial charge on any atom is -0.395 e. The Hall–Kier alpha value is -1.07. The second kappa shape index (κ2) is 13.4. The zero-order valence-corrected chi connectivity index (χ0v) is 19.2. The number of unbranched alkanes of at least 4 members (excludes halogenated alkanes) is 9. The van der Waals surface area contributed by atoms with Crippen molar-refractivity contribution in [2.24, 2.45) is 10.8 Å². The molecule has 2 fully saturated rings. The summed E-state index contributed by atoms with van der Waals surface area (Å²) in [6.07, 6.45) is 19.9. The van der Waals surface area contributed by atoms with Gasteiger partial charge in [-0.25, -0.2) is 0 Å². The Morgan fingerprint density at radius 2 is 1.07 bits per heavy atom. The molecule has 0 heterocycles. The second-order valence-electron chi connectivity index (χ2n) is 9.70. The van der Waals surface area contributed by atoms with Crippen LogP contribution in [0.25, 0.3) is 0 Å². The molecule has 0 saturated heterocycles. The van der Waals surface area contributed by atoms with Gasteiger partial charge in [-0.05, 0) is 38.5 Å². The molecule has 0 aromatic carbocycles. The van der Waals surface area contributed by atoms with Gasteiger partial charge >= 0.3 is 0 Å². The molecule has 0 atom stereocenters. The first kappa shape index (κ1) is 25.2. The van der Waals surface area contributed by atoms with Gasteiger partial charge in [-0.1, -0.05) is 70.8 Å². The first-order chi connectivity index (χ1) is 14.6. The summed E-state index contributed by atoms with van der Waals surface area (Å²) in [5, 5.41) is 23.9. The van der Waals surface area contributed by atoms with Crippen molar-refractivity contribution in [2.75, 3.05) is 26.3 Å². The Morgan fingerprint density at radius 3 is 1.50 bits per heavy atom. The number of carbonyl (C=O) groups excluding carboxylic acids is 1. The van der Waals surface area contributed by atoms with E-state index in [4.69, 9.17) is 10.2 Å². The number of aliphatic hydroxyl groups excluding tert-OH is 2. The highest BCUT2D eigenvalue weighted by atomic mass is 16.3. The molecular weight excluding hydrogens is 376 g/mol. The molecule has 0 unspecified atom stereocenters. The third kappa shape index (κ3) is 8.58. The van der Waals surface area contributed by atoms with Gasteiger partial charge < -0.3 is 20.8 Å². The molecule has 4 N–H and O–H groups in total. The van der Waals surface area contributed by atoms with Crippen molar-refractivity contribution in [1.29, 1.82) is 0 Å². The average Bonchev–Trinajstić information content (AvgIpc) is 3.67. The monoisotopic (exact) mass is 422 g/mol. The van der Waals surface area contributed by atoms with E-state index in [-0.39, 0.29) is 24.5 Å². The smallest absolute Gasteiger partial charge is 0.226 e. The first-order valence-corrected chi connectivity index (χ1v) is 12.5. The summed E-state index contributed by atoms with van der Waals surface area (Å²) in [5.74, 6) is 0.162. The van der Waals surface area contributed by atoms with Crippen LogP contribution in [0, 0.1) is 10.8 Å². The van der Waals surface area contributed by atoms with E-state index in [1.165, 1.54) is 77.0 Å². The molecule has 2 aliphatic rings. The molecular formula is C25H46N2O3. The average molecular weight is 423 g/mol. The molecule has 30 heavy (non-hydrogen) atoms. The molecule has 2 rings (SSSR count). The molecule has 5 heteroatoms. The highest BCUT2D eigenvalue weighted by molar-refractivity contribution is 5.85. The summed E-state index contributed by atoms with van der Waals surface area (Å²) in [6.45, 7) is 5.40. The lowest BCUT2D eigenvalue weighted by molar-refractivity contribution is -0.126. The van der Waals surface area contributed by atoms with Crippen LogP contribution in [-0.2, 0) is 4.79 Å². The van der Waals surface area contributed by atoms with Crippen molar-refractivity contribution < 1.29 is 15.0 Å². The number of nitrogens with one attached hydrogen (secondary N) is 2. The van der Waals surface area contributed by atoms with Gasteiger partial charge in [-0.15, -0.1) is 0 Å². The van der Waals surface area contributed by atoms with Crippen LogP contribution in [0.1, 0.15) is 103 Å². The highest BCUT2D eigenvalue weighted by Gasteiger charge is 2.48. The van der Waals surface area contributed by atoms with Gasteiger partial charge in [-0.3, -0.25) is 4.79 Å². The molecule has 174 valence electrons. The minimum atomic E-state index is -0.0878. The molecule has 0 bridgehead atoms. The van der Waals surface area contributed by atoms with Crippen LogP contribution >= 0.6 is 0 Å². The van der Waals surface area contributed by atoms with E-state index in [1.807, 2.05) is 0 Å². The van der Waals surface area contributed by atoms with Crippen molar-refractivity contribution in [1.82, 2.24) is 10.6 Å². The Kier molecular flexibility index (Phi) is 11.2. The molecule has 0 spiro atoms. The number of rotatable bonds is 20. The van der Waals surface area contributed by atoms with Crippen molar-refractivity contribution in [3.8, 4) is 0 Å². The first-order valence-electron chi connectivity index (χ1n) is 12.5. The molecule has 0 aliphatic heterocycles. The summed E-state index contributed by atoms with van der Waals surface area (Å²) in [6, 6.07) is 0. The summed E-state index contributed by atoms with van der Waals surface area (Å²) in [4.78, 5) is 12.1. The maximum absolute atomic E-state index is 12.1. The van der Waals surface area contributed by atoms with E-state index in [1.54, 1.807) is 0 Å². The molecule has 0 radical (unpaired) electrons. The van der Waals surface area contributed by atoms with Crippen LogP contribution in [0.5, 0.6) is 0 Å². The topological polar surface area (TPSA) is 81.6 Å². The lowest BCUT2D eigenvalue weighted by Gasteiger charge is -2.19. The Balaban J connectivity index is 1.36. The van der Waals surface area contributed by atoms with E-state index in [9.17, 15) is 4.79 Å². The summed E-state index contributed by atoms with van der Waals surface area (Å²) in [5.41, 5.74) is 1.40. The number of hydrogen-bond acceptors (Lipinski definition) is 4. The van der Waals surface area contributed by atoms with Crippen LogP contribution in [0.15, 0.2) is 12.3 Å². The van der Waals surface area contributed by atoms with Crippen molar-refractivity contribution >= 4 is 5.91 Å². The number of amides is 1. The summed E-state index contributed by atoms with van der Waals surface area (Å²) < 4.78 is 0. The highest BCUT2D eigenvalue weighted by Crippen LogP contribution is 2.54.